The summed E-state index contributed by atoms with van der Waals surface area (Å²) in [5, 5.41) is 3.62. The van der Waals surface area contributed by atoms with Gasteiger partial charge < -0.3 is 5.32 Å². The van der Waals surface area contributed by atoms with E-state index in [1.165, 1.54) is 38.2 Å². The van der Waals surface area contributed by atoms with E-state index in [1.54, 1.807) is 23.9 Å². The SMILES string of the molecule is CCCNC(CCC1CC1)CSc1cccc(F)c1. The molecular formula is C16H24FNS. The molecule has 1 aromatic rings. The van der Waals surface area contributed by atoms with Gasteiger partial charge in [-0.05, 0) is 49.9 Å². The van der Waals surface area contributed by atoms with E-state index < -0.39 is 0 Å². The van der Waals surface area contributed by atoms with Gasteiger partial charge >= 0.3 is 0 Å². The van der Waals surface area contributed by atoms with Crippen molar-refractivity contribution in [2.75, 3.05) is 12.3 Å². The molecule has 1 N–H and O–H groups in total. The van der Waals surface area contributed by atoms with Crippen LogP contribution in [-0.2, 0) is 0 Å². The maximum Gasteiger partial charge on any atom is 0.124 e. The van der Waals surface area contributed by atoms with Crippen LogP contribution in [0.25, 0.3) is 0 Å². The first-order chi connectivity index (χ1) is 9.28. The number of rotatable bonds is 9. The Bertz CT molecular complexity index is 379. The van der Waals surface area contributed by atoms with E-state index in [2.05, 4.69) is 12.2 Å². The molecule has 0 bridgehead atoms. The zero-order chi connectivity index (χ0) is 13.5. The Kier molecular flexibility index (Phi) is 6.18. The van der Waals surface area contributed by atoms with Gasteiger partial charge in [0.05, 0.1) is 0 Å². The van der Waals surface area contributed by atoms with Crippen molar-refractivity contribution < 1.29 is 4.39 Å². The summed E-state index contributed by atoms with van der Waals surface area (Å²) in [5.74, 6) is 1.89. The van der Waals surface area contributed by atoms with Crippen molar-refractivity contribution >= 4 is 11.8 Å². The van der Waals surface area contributed by atoms with E-state index in [0.717, 1.165) is 23.1 Å². The molecule has 0 spiro atoms. The zero-order valence-electron chi connectivity index (χ0n) is 11.7. The predicted molar refractivity (Wildman–Crippen MR) is 81.2 cm³/mol. The van der Waals surface area contributed by atoms with Crippen LogP contribution in [0.5, 0.6) is 0 Å². The van der Waals surface area contributed by atoms with Crippen LogP contribution in [0.15, 0.2) is 29.2 Å². The van der Waals surface area contributed by atoms with Gasteiger partial charge in [-0.15, -0.1) is 11.8 Å². The topological polar surface area (TPSA) is 12.0 Å². The fraction of sp³-hybridized carbons (Fsp3) is 0.625. The lowest BCUT2D eigenvalue weighted by atomic mass is 10.1. The van der Waals surface area contributed by atoms with Gasteiger partial charge in [0.15, 0.2) is 0 Å². The Labute approximate surface area is 120 Å². The molecule has 0 aromatic heterocycles. The van der Waals surface area contributed by atoms with E-state index in [0.29, 0.717) is 6.04 Å². The lowest BCUT2D eigenvalue weighted by molar-refractivity contribution is 0.489. The second-order valence-electron chi connectivity index (χ2n) is 5.44. The third-order valence-corrected chi connectivity index (χ3v) is 4.71. The second-order valence-corrected chi connectivity index (χ2v) is 6.53. The normalized spacial score (nSPS) is 16.5. The van der Waals surface area contributed by atoms with Crippen LogP contribution in [0.2, 0.25) is 0 Å². The summed E-state index contributed by atoms with van der Waals surface area (Å²) in [6, 6.07) is 7.47. The Morgan fingerprint density at radius 3 is 2.95 bits per heavy atom. The van der Waals surface area contributed by atoms with E-state index in [-0.39, 0.29) is 5.82 Å². The first-order valence-corrected chi connectivity index (χ1v) is 8.38. The van der Waals surface area contributed by atoms with Gasteiger partial charge in [0.1, 0.15) is 5.82 Å². The lowest BCUT2D eigenvalue weighted by Gasteiger charge is -2.18. The predicted octanol–water partition coefficient (Wildman–Crippen LogP) is 4.48. The van der Waals surface area contributed by atoms with Crippen molar-refractivity contribution in [1.82, 2.24) is 5.32 Å². The van der Waals surface area contributed by atoms with Crippen LogP contribution < -0.4 is 5.32 Å². The van der Waals surface area contributed by atoms with Crippen LogP contribution in [0.1, 0.15) is 39.0 Å². The first-order valence-electron chi connectivity index (χ1n) is 7.39. The van der Waals surface area contributed by atoms with E-state index >= 15 is 0 Å². The van der Waals surface area contributed by atoms with Crippen LogP contribution in [0.4, 0.5) is 4.39 Å². The maximum atomic E-state index is 13.1. The van der Waals surface area contributed by atoms with Crippen molar-refractivity contribution in [3.05, 3.63) is 30.1 Å². The molecule has 3 heteroatoms. The molecule has 1 aliphatic rings. The molecule has 1 unspecified atom stereocenters. The average Bonchev–Trinajstić information content (AvgIpc) is 3.22. The van der Waals surface area contributed by atoms with Gasteiger partial charge in [-0.25, -0.2) is 4.39 Å². The fourth-order valence-corrected chi connectivity index (χ4v) is 3.24. The highest BCUT2D eigenvalue weighted by Crippen LogP contribution is 2.34. The molecule has 19 heavy (non-hydrogen) atoms. The molecular weight excluding hydrogens is 257 g/mol. The molecule has 0 aliphatic heterocycles. The highest BCUT2D eigenvalue weighted by Gasteiger charge is 2.22. The highest BCUT2D eigenvalue weighted by atomic mass is 32.2. The maximum absolute atomic E-state index is 13.1. The second kappa shape index (κ2) is 7.91. The summed E-state index contributed by atoms with van der Waals surface area (Å²) < 4.78 is 13.1. The molecule has 1 fully saturated rings. The number of hydrogen-bond acceptors (Lipinski definition) is 2. The first kappa shape index (κ1) is 14.9. The van der Waals surface area contributed by atoms with Gasteiger partial charge in [-0.2, -0.15) is 0 Å². The molecule has 1 aromatic carbocycles. The molecule has 1 nitrogen and oxygen atoms in total. The number of benzene rings is 1. The van der Waals surface area contributed by atoms with Crippen molar-refractivity contribution in [1.29, 1.82) is 0 Å². The van der Waals surface area contributed by atoms with Gasteiger partial charge in [0.2, 0.25) is 0 Å². The van der Waals surface area contributed by atoms with Crippen LogP contribution in [0, 0.1) is 11.7 Å². The highest BCUT2D eigenvalue weighted by molar-refractivity contribution is 7.99. The van der Waals surface area contributed by atoms with Crippen LogP contribution in [-0.4, -0.2) is 18.3 Å². The van der Waals surface area contributed by atoms with E-state index in [1.807, 2.05) is 6.07 Å². The zero-order valence-corrected chi connectivity index (χ0v) is 12.5. The molecule has 106 valence electrons. The number of halogens is 1. The summed E-state index contributed by atoms with van der Waals surface area (Å²) in [5.41, 5.74) is 0. The number of nitrogens with one attached hydrogen (secondary N) is 1. The van der Waals surface area contributed by atoms with Gasteiger partial charge in [-0.1, -0.05) is 25.8 Å². The Morgan fingerprint density at radius 1 is 1.42 bits per heavy atom. The summed E-state index contributed by atoms with van der Waals surface area (Å²) in [6.07, 6.45) is 6.64. The minimum absolute atomic E-state index is 0.138. The van der Waals surface area contributed by atoms with Crippen molar-refractivity contribution in [3.8, 4) is 0 Å². The van der Waals surface area contributed by atoms with E-state index in [9.17, 15) is 4.39 Å². The lowest BCUT2D eigenvalue weighted by Crippen LogP contribution is -2.32. The summed E-state index contributed by atoms with van der Waals surface area (Å²) >= 11 is 1.76. The quantitative estimate of drug-likeness (QED) is 0.670. The third-order valence-electron chi connectivity index (χ3n) is 3.55. The molecule has 2 rings (SSSR count). The van der Waals surface area contributed by atoms with Gasteiger partial charge in [0.25, 0.3) is 0 Å². The molecule has 1 aliphatic carbocycles. The van der Waals surface area contributed by atoms with Crippen molar-refractivity contribution in [2.45, 2.75) is 50.0 Å². The third kappa shape index (κ3) is 5.96. The summed E-state index contributed by atoms with van der Waals surface area (Å²) in [4.78, 5) is 1.04. The number of hydrogen-bond donors (Lipinski definition) is 1. The largest absolute Gasteiger partial charge is 0.313 e. The molecule has 0 heterocycles. The minimum Gasteiger partial charge on any atom is -0.313 e. The molecule has 0 amide bonds. The Hall–Kier alpha value is -0.540. The summed E-state index contributed by atoms with van der Waals surface area (Å²) in [7, 11) is 0. The molecule has 1 atom stereocenters. The molecule has 0 saturated heterocycles. The smallest absolute Gasteiger partial charge is 0.124 e. The monoisotopic (exact) mass is 281 g/mol. The van der Waals surface area contributed by atoms with Crippen molar-refractivity contribution in [3.63, 3.8) is 0 Å². The molecule has 1 saturated carbocycles. The Morgan fingerprint density at radius 2 is 2.26 bits per heavy atom. The van der Waals surface area contributed by atoms with E-state index in [4.69, 9.17) is 0 Å². The Balaban J connectivity index is 1.76. The van der Waals surface area contributed by atoms with Crippen molar-refractivity contribution in [2.24, 2.45) is 5.92 Å². The molecule has 0 radical (unpaired) electrons. The van der Waals surface area contributed by atoms with Gasteiger partial charge in [-0.3, -0.25) is 0 Å². The fourth-order valence-electron chi connectivity index (χ4n) is 2.19. The summed E-state index contributed by atoms with van der Waals surface area (Å²) in [6.45, 7) is 3.28. The minimum atomic E-state index is -0.138. The van der Waals surface area contributed by atoms with Crippen LogP contribution >= 0.6 is 11.8 Å². The van der Waals surface area contributed by atoms with Crippen LogP contribution in [0.3, 0.4) is 0 Å². The number of thioether (sulfide) groups is 1. The van der Waals surface area contributed by atoms with Gasteiger partial charge in [0, 0.05) is 16.7 Å². The standard InChI is InChI=1S/C16H24FNS/c1-2-10-18-15(9-8-13-6-7-13)12-19-16-5-3-4-14(17)11-16/h3-5,11,13,15,18H,2,6-10,12H2,1H3. The average molecular weight is 281 g/mol.